The minimum atomic E-state index is 0.533. The summed E-state index contributed by atoms with van der Waals surface area (Å²) in [5, 5.41) is 0.850. The number of benzene rings is 1. The standard InChI is InChI=1S/C14H17Cl2N/c15-7-10-4-5-14(13(16)6-10)17-8-11-2-1-3-12(11)9-17/h4-6,11-12H,1-3,7-9H2. The van der Waals surface area contributed by atoms with Crippen LogP contribution in [0.4, 0.5) is 5.69 Å². The molecule has 1 heterocycles. The smallest absolute Gasteiger partial charge is 0.0642 e. The van der Waals surface area contributed by atoms with Gasteiger partial charge in [0, 0.05) is 19.0 Å². The van der Waals surface area contributed by atoms with Gasteiger partial charge in [-0.15, -0.1) is 11.6 Å². The van der Waals surface area contributed by atoms with Crippen LogP contribution in [0.2, 0.25) is 5.02 Å². The number of nitrogens with zero attached hydrogens (tertiary/aromatic N) is 1. The third kappa shape index (κ3) is 2.15. The van der Waals surface area contributed by atoms with Crippen LogP contribution in [0.3, 0.4) is 0 Å². The Balaban J connectivity index is 1.81. The van der Waals surface area contributed by atoms with E-state index in [1.54, 1.807) is 0 Å². The van der Waals surface area contributed by atoms with Gasteiger partial charge in [-0.25, -0.2) is 0 Å². The van der Waals surface area contributed by atoms with E-state index in [9.17, 15) is 0 Å². The zero-order valence-electron chi connectivity index (χ0n) is 9.83. The molecular weight excluding hydrogens is 253 g/mol. The molecule has 2 fully saturated rings. The number of rotatable bonds is 2. The summed E-state index contributed by atoms with van der Waals surface area (Å²) in [6.07, 6.45) is 4.22. The highest BCUT2D eigenvalue weighted by molar-refractivity contribution is 6.33. The predicted octanol–water partition coefficient (Wildman–Crippen LogP) is 4.32. The summed E-state index contributed by atoms with van der Waals surface area (Å²) >= 11 is 12.2. The minimum Gasteiger partial charge on any atom is -0.370 e. The van der Waals surface area contributed by atoms with Crippen molar-refractivity contribution in [2.45, 2.75) is 25.1 Å². The highest BCUT2D eigenvalue weighted by Crippen LogP contribution is 2.41. The summed E-state index contributed by atoms with van der Waals surface area (Å²) < 4.78 is 0. The molecule has 1 saturated carbocycles. The molecule has 1 aromatic carbocycles. The molecule has 3 rings (SSSR count). The van der Waals surface area contributed by atoms with Crippen LogP contribution in [-0.2, 0) is 5.88 Å². The molecule has 2 aliphatic rings. The molecule has 0 spiro atoms. The Morgan fingerprint density at radius 3 is 2.47 bits per heavy atom. The minimum absolute atomic E-state index is 0.533. The molecule has 2 unspecified atom stereocenters. The molecule has 17 heavy (non-hydrogen) atoms. The highest BCUT2D eigenvalue weighted by Gasteiger charge is 2.36. The van der Waals surface area contributed by atoms with Crippen molar-refractivity contribution in [1.29, 1.82) is 0 Å². The largest absolute Gasteiger partial charge is 0.370 e. The zero-order chi connectivity index (χ0) is 11.8. The second-order valence-corrected chi connectivity index (χ2v) is 5.95. The van der Waals surface area contributed by atoms with Gasteiger partial charge in [-0.3, -0.25) is 0 Å². The molecule has 0 aromatic heterocycles. The molecule has 1 aliphatic heterocycles. The second-order valence-electron chi connectivity index (χ2n) is 5.28. The van der Waals surface area contributed by atoms with Gasteiger partial charge in [0.2, 0.25) is 0 Å². The van der Waals surface area contributed by atoms with Crippen LogP contribution < -0.4 is 4.90 Å². The third-order valence-corrected chi connectivity index (χ3v) is 4.84. The number of hydrogen-bond acceptors (Lipinski definition) is 1. The fourth-order valence-electron chi connectivity index (χ4n) is 3.32. The molecular formula is C14H17Cl2N. The molecule has 3 heteroatoms. The molecule has 0 bridgehead atoms. The maximum absolute atomic E-state index is 6.34. The Kier molecular flexibility index (Phi) is 3.23. The fourth-order valence-corrected chi connectivity index (χ4v) is 3.81. The summed E-state index contributed by atoms with van der Waals surface area (Å²) in [4.78, 5) is 2.45. The average Bonchev–Trinajstić information content (AvgIpc) is 2.89. The first-order valence-corrected chi connectivity index (χ1v) is 7.28. The van der Waals surface area contributed by atoms with Gasteiger partial charge >= 0.3 is 0 Å². The maximum atomic E-state index is 6.34. The third-order valence-electron chi connectivity index (χ3n) is 4.23. The summed E-state index contributed by atoms with van der Waals surface area (Å²) in [5.41, 5.74) is 2.29. The Hall–Kier alpha value is -0.400. The summed E-state index contributed by atoms with van der Waals surface area (Å²) in [5.74, 6) is 2.34. The van der Waals surface area contributed by atoms with Crippen molar-refractivity contribution in [1.82, 2.24) is 0 Å². The molecule has 92 valence electrons. The number of halogens is 2. The van der Waals surface area contributed by atoms with E-state index in [1.165, 1.54) is 38.0 Å². The van der Waals surface area contributed by atoms with Gasteiger partial charge in [-0.1, -0.05) is 24.1 Å². The zero-order valence-corrected chi connectivity index (χ0v) is 11.3. The van der Waals surface area contributed by atoms with Crippen molar-refractivity contribution in [3.8, 4) is 0 Å². The van der Waals surface area contributed by atoms with E-state index in [-0.39, 0.29) is 0 Å². The molecule has 2 atom stereocenters. The molecule has 1 aliphatic carbocycles. The number of fused-ring (bicyclic) bond motifs is 1. The topological polar surface area (TPSA) is 3.24 Å². The lowest BCUT2D eigenvalue weighted by Crippen LogP contribution is -2.21. The van der Waals surface area contributed by atoms with E-state index >= 15 is 0 Å². The van der Waals surface area contributed by atoms with Crippen molar-refractivity contribution in [2.75, 3.05) is 18.0 Å². The van der Waals surface area contributed by atoms with Gasteiger partial charge in [0.05, 0.1) is 10.7 Å². The normalized spacial score (nSPS) is 27.5. The van der Waals surface area contributed by atoms with E-state index < -0.39 is 0 Å². The van der Waals surface area contributed by atoms with Crippen LogP contribution in [0.25, 0.3) is 0 Å². The molecule has 0 radical (unpaired) electrons. The van der Waals surface area contributed by atoms with Gasteiger partial charge < -0.3 is 4.90 Å². The molecule has 0 amide bonds. The van der Waals surface area contributed by atoms with Gasteiger partial charge in [0.1, 0.15) is 0 Å². The van der Waals surface area contributed by atoms with Crippen molar-refractivity contribution in [3.63, 3.8) is 0 Å². The number of hydrogen-bond donors (Lipinski definition) is 0. The van der Waals surface area contributed by atoms with Crippen LogP contribution in [0.1, 0.15) is 24.8 Å². The van der Waals surface area contributed by atoms with Gasteiger partial charge in [-0.05, 0) is 42.4 Å². The first kappa shape index (κ1) is 11.7. The molecule has 1 saturated heterocycles. The van der Waals surface area contributed by atoms with Crippen LogP contribution in [0, 0.1) is 11.8 Å². The van der Waals surface area contributed by atoms with Crippen LogP contribution in [0.5, 0.6) is 0 Å². The fraction of sp³-hybridized carbons (Fsp3) is 0.571. The summed E-state index contributed by atoms with van der Waals surface area (Å²) in [6, 6.07) is 6.21. The lowest BCUT2D eigenvalue weighted by atomic mass is 10.0. The Morgan fingerprint density at radius 1 is 1.18 bits per heavy atom. The lowest BCUT2D eigenvalue weighted by molar-refractivity contribution is 0.494. The average molecular weight is 270 g/mol. The summed E-state index contributed by atoms with van der Waals surface area (Å²) in [7, 11) is 0. The van der Waals surface area contributed by atoms with Crippen molar-refractivity contribution >= 4 is 28.9 Å². The number of alkyl halides is 1. The van der Waals surface area contributed by atoms with Gasteiger partial charge in [0.15, 0.2) is 0 Å². The Bertz CT molecular complexity index is 407. The molecule has 1 aromatic rings. The van der Waals surface area contributed by atoms with Crippen LogP contribution in [-0.4, -0.2) is 13.1 Å². The van der Waals surface area contributed by atoms with E-state index in [0.29, 0.717) is 5.88 Å². The second kappa shape index (κ2) is 4.70. The van der Waals surface area contributed by atoms with Gasteiger partial charge in [0.25, 0.3) is 0 Å². The first-order chi connectivity index (χ1) is 8.28. The Labute approximate surface area is 113 Å². The molecule has 1 nitrogen and oxygen atoms in total. The Morgan fingerprint density at radius 2 is 1.88 bits per heavy atom. The number of anilines is 1. The van der Waals surface area contributed by atoms with E-state index in [4.69, 9.17) is 23.2 Å². The quantitative estimate of drug-likeness (QED) is 0.723. The lowest BCUT2D eigenvalue weighted by Gasteiger charge is -2.21. The molecule has 0 N–H and O–H groups in total. The monoisotopic (exact) mass is 269 g/mol. The summed E-state index contributed by atoms with van der Waals surface area (Å²) in [6.45, 7) is 2.37. The first-order valence-electron chi connectivity index (χ1n) is 6.37. The van der Waals surface area contributed by atoms with Crippen molar-refractivity contribution in [3.05, 3.63) is 28.8 Å². The maximum Gasteiger partial charge on any atom is 0.0642 e. The van der Waals surface area contributed by atoms with E-state index in [1.807, 2.05) is 6.07 Å². The van der Waals surface area contributed by atoms with Crippen LogP contribution >= 0.6 is 23.2 Å². The van der Waals surface area contributed by atoms with E-state index in [0.717, 1.165) is 22.4 Å². The SMILES string of the molecule is ClCc1ccc(N2CC3CCCC3C2)c(Cl)c1. The van der Waals surface area contributed by atoms with E-state index in [2.05, 4.69) is 17.0 Å². The van der Waals surface area contributed by atoms with Gasteiger partial charge in [-0.2, -0.15) is 0 Å². The highest BCUT2D eigenvalue weighted by atomic mass is 35.5. The van der Waals surface area contributed by atoms with Crippen LogP contribution in [0.15, 0.2) is 18.2 Å². The van der Waals surface area contributed by atoms with Crippen molar-refractivity contribution in [2.24, 2.45) is 11.8 Å². The van der Waals surface area contributed by atoms with Crippen molar-refractivity contribution < 1.29 is 0 Å². The predicted molar refractivity (Wildman–Crippen MR) is 74.1 cm³/mol.